The van der Waals surface area contributed by atoms with Gasteiger partial charge in [-0.2, -0.15) is 0 Å². The first-order chi connectivity index (χ1) is 16.0. The zero-order valence-corrected chi connectivity index (χ0v) is 21.5. The number of carbonyl (C=O) groups excluding carboxylic acids is 3. The summed E-state index contributed by atoms with van der Waals surface area (Å²) in [5.41, 5.74) is 1.45. The molecule has 3 aliphatic rings. The van der Waals surface area contributed by atoms with Crippen molar-refractivity contribution >= 4 is 23.4 Å². The number of nitrogens with zero attached hydrogens (tertiary/aromatic N) is 3. The van der Waals surface area contributed by atoms with E-state index in [1.165, 1.54) is 4.90 Å². The number of carbonyl (C=O) groups is 3. The fourth-order valence-electron chi connectivity index (χ4n) is 5.61. The van der Waals surface area contributed by atoms with Gasteiger partial charge in [-0.05, 0) is 34.4 Å². The first kappa shape index (κ1) is 24.9. The molecule has 3 amide bonds. The molecule has 2 heterocycles. The summed E-state index contributed by atoms with van der Waals surface area (Å²) in [6.07, 6.45) is 0.0349. The van der Waals surface area contributed by atoms with Crippen LogP contribution in [0.5, 0.6) is 0 Å². The van der Waals surface area contributed by atoms with Crippen molar-refractivity contribution in [3.05, 3.63) is 29.8 Å². The second kappa shape index (κ2) is 9.08. The predicted octanol–water partition coefficient (Wildman–Crippen LogP) is 3.28. The molecule has 1 saturated carbocycles. The molecule has 0 radical (unpaired) electrons. The zero-order chi connectivity index (χ0) is 24.8. The minimum atomic E-state index is -0.752. The Bertz CT molecular complexity index is 933. The highest BCUT2D eigenvalue weighted by atomic mass is 16.5. The van der Waals surface area contributed by atoms with Crippen LogP contribution in [0.4, 0.5) is 5.69 Å². The van der Waals surface area contributed by atoms with Gasteiger partial charge in [-0.25, -0.2) is 4.90 Å². The van der Waals surface area contributed by atoms with Crippen LogP contribution in [-0.2, 0) is 19.1 Å². The Labute approximate surface area is 203 Å². The lowest BCUT2D eigenvalue weighted by atomic mass is 10.0. The molecule has 1 aromatic carbocycles. The summed E-state index contributed by atoms with van der Waals surface area (Å²) in [4.78, 5) is 45.7. The van der Waals surface area contributed by atoms with Crippen molar-refractivity contribution in [3.63, 3.8) is 0 Å². The molecule has 1 unspecified atom stereocenters. The van der Waals surface area contributed by atoms with Crippen LogP contribution >= 0.6 is 0 Å². The van der Waals surface area contributed by atoms with E-state index >= 15 is 0 Å². The van der Waals surface area contributed by atoms with Crippen molar-refractivity contribution in [2.75, 3.05) is 44.3 Å². The van der Waals surface area contributed by atoms with Crippen LogP contribution in [0.2, 0.25) is 0 Å². The molecule has 0 aromatic heterocycles. The minimum Gasteiger partial charge on any atom is -0.379 e. The monoisotopic (exact) mass is 469 g/mol. The molecular weight excluding hydrogens is 430 g/mol. The number of benzene rings is 1. The highest BCUT2D eigenvalue weighted by Gasteiger charge is 2.69. The van der Waals surface area contributed by atoms with Crippen LogP contribution in [-0.4, -0.2) is 73.0 Å². The molecule has 186 valence electrons. The molecule has 1 aromatic rings. The summed E-state index contributed by atoms with van der Waals surface area (Å²) in [6, 6.07) is 6.84. The third-order valence-corrected chi connectivity index (χ3v) is 8.63. The quantitative estimate of drug-likeness (QED) is 0.573. The number of amides is 3. The van der Waals surface area contributed by atoms with Crippen LogP contribution in [0.3, 0.4) is 0 Å². The van der Waals surface area contributed by atoms with E-state index in [0.717, 1.165) is 18.7 Å². The molecule has 7 nitrogen and oxygen atoms in total. The predicted molar refractivity (Wildman–Crippen MR) is 131 cm³/mol. The van der Waals surface area contributed by atoms with E-state index in [1.807, 2.05) is 24.3 Å². The van der Waals surface area contributed by atoms with Crippen LogP contribution in [0.15, 0.2) is 24.3 Å². The van der Waals surface area contributed by atoms with Gasteiger partial charge < -0.3 is 9.64 Å². The number of rotatable bonds is 7. The fraction of sp³-hybridized carbons (Fsp3) is 0.667. The topological polar surface area (TPSA) is 70.2 Å². The van der Waals surface area contributed by atoms with E-state index in [0.29, 0.717) is 37.9 Å². The maximum absolute atomic E-state index is 13.8. The molecule has 3 fully saturated rings. The number of imide groups is 1. The highest BCUT2D eigenvalue weighted by molar-refractivity contribution is 6.23. The van der Waals surface area contributed by atoms with E-state index in [2.05, 4.69) is 46.4 Å². The normalized spacial score (nSPS) is 24.7. The summed E-state index contributed by atoms with van der Waals surface area (Å²) < 4.78 is 5.45. The van der Waals surface area contributed by atoms with Crippen molar-refractivity contribution in [3.8, 4) is 0 Å². The zero-order valence-electron chi connectivity index (χ0n) is 21.5. The maximum atomic E-state index is 13.8. The number of anilines is 1. The van der Waals surface area contributed by atoms with Gasteiger partial charge in [-0.1, -0.05) is 53.7 Å². The number of hydrogen-bond acceptors (Lipinski definition) is 5. The van der Waals surface area contributed by atoms with Crippen LogP contribution < -0.4 is 4.90 Å². The molecule has 4 rings (SSSR count). The molecular formula is C27H39N3O4. The van der Waals surface area contributed by atoms with E-state index in [9.17, 15) is 14.4 Å². The third kappa shape index (κ3) is 4.29. The lowest BCUT2D eigenvalue weighted by Crippen LogP contribution is -2.50. The molecule has 0 spiro atoms. The van der Waals surface area contributed by atoms with Gasteiger partial charge >= 0.3 is 0 Å². The van der Waals surface area contributed by atoms with E-state index in [4.69, 9.17) is 4.74 Å². The van der Waals surface area contributed by atoms with Gasteiger partial charge in [-0.3, -0.25) is 19.3 Å². The first-order valence-electron chi connectivity index (χ1n) is 12.5. The summed E-state index contributed by atoms with van der Waals surface area (Å²) >= 11 is 0. The highest BCUT2D eigenvalue weighted by Crippen LogP contribution is 2.69. The molecule has 34 heavy (non-hydrogen) atoms. The van der Waals surface area contributed by atoms with Gasteiger partial charge in [0.05, 0.1) is 25.3 Å². The van der Waals surface area contributed by atoms with E-state index < -0.39 is 6.04 Å². The van der Waals surface area contributed by atoms with Crippen LogP contribution in [0, 0.1) is 16.7 Å². The Balaban J connectivity index is 1.57. The molecule has 0 bridgehead atoms. The second-order valence-corrected chi connectivity index (χ2v) is 11.4. The van der Waals surface area contributed by atoms with E-state index in [1.54, 1.807) is 4.90 Å². The van der Waals surface area contributed by atoms with Crippen LogP contribution in [0.25, 0.3) is 0 Å². The van der Waals surface area contributed by atoms with Crippen molar-refractivity contribution in [2.45, 2.75) is 59.9 Å². The van der Waals surface area contributed by atoms with Crippen LogP contribution in [0.1, 0.15) is 59.4 Å². The van der Waals surface area contributed by atoms with Gasteiger partial charge in [0.2, 0.25) is 11.8 Å². The van der Waals surface area contributed by atoms with Crippen molar-refractivity contribution < 1.29 is 19.1 Å². The number of morpholine rings is 1. The first-order valence-corrected chi connectivity index (χ1v) is 12.5. The SMILES string of the molecule is CC(C)c1ccc(N2C(=O)CC(N(CCN3CCOCC3)C(=O)C3C(C)(C)C3(C)C)C2=O)cc1. The van der Waals surface area contributed by atoms with Gasteiger partial charge in [0, 0.05) is 32.1 Å². The van der Waals surface area contributed by atoms with Gasteiger partial charge in [0.25, 0.3) is 5.91 Å². The smallest absolute Gasteiger partial charge is 0.257 e. The summed E-state index contributed by atoms with van der Waals surface area (Å²) in [6.45, 7) is 16.7. The Kier molecular flexibility index (Phi) is 6.64. The Morgan fingerprint density at radius 3 is 2.18 bits per heavy atom. The summed E-state index contributed by atoms with van der Waals surface area (Å²) in [5.74, 6) is -0.344. The Hall–Kier alpha value is -2.25. The van der Waals surface area contributed by atoms with Gasteiger partial charge in [-0.15, -0.1) is 0 Å². The molecule has 7 heteroatoms. The molecule has 1 aliphatic carbocycles. The lowest BCUT2D eigenvalue weighted by molar-refractivity contribution is -0.140. The lowest BCUT2D eigenvalue weighted by Gasteiger charge is -2.33. The van der Waals surface area contributed by atoms with Gasteiger partial charge in [0.1, 0.15) is 6.04 Å². The maximum Gasteiger partial charge on any atom is 0.257 e. The number of ether oxygens (including phenoxy) is 1. The number of hydrogen-bond donors (Lipinski definition) is 0. The molecule has 1 atom stereocenters. The largest absolute Gasteiger partial charge is 0.379 e. The average molecular weight is 470 g/mol. The molecule has 2 saturated heterocycles. The fourth-order valence-corrected chi connectivity index (χ4v) is 5.61. The molecule has 2 aliphatic heterocycles. The average Bonchev–Trinajstić information content (AvgIpc) is 3.02. The standard InChI is InChI=1S/C27H39N3O4/c1-18(2)19-7-9-20(10-8-19)30-22(31)17-21(24(30)32)29(12-11-28-13-15-34-16-14-28)25(33)23-26(3,4)27(23,5)6/h7-10,18,21,23H,11-17H2,1-6H3. The summed E-state index contributed by atoms with van der Waals surface area (Å²) in [7, 11) is 0. The minimum absolute atomic E-state index is 0.00795. The second-order valence-electron chi connectivity index (χ2n) is 11.4. The third-order valence-electron chi connectivity index (χ3n) is 8.63. The Morgan fingerprint density at radius 1 is 1.06 bits per heavy atom. The van der Waals surface area contributed by atoms with E-state index in [-0.39, 0.29) is 40.9 Å². The van der Waals surface area contributed by atoms with Crippen molar-refractivity contribution in [1.29, 1.82) is 0 Å². The summed E-state index contributed by atoms with van der Waals surface area (Å²) in [5, 5.41) is 0. The molecule has 0 N–H and O–H groups in total. The Morgan fingerprint density at radius 2 is 1.65 bits per heavy atom. The van der Waals surface area contributed by atoms with Gasteiger partial charge in [0.15, 0.2) is 0 Å². The van der Waals surface area contributed by atoms with Crippen molar-refractivity contribution in [2.24, 2.45) is 16.7 Å². The van der Waals surface area contributed by atoms with Crippen molar-refractivity contribution in [1.82, 2.24) is 9.80 Å².